The van der Waals surface area contributed by atoms with E-state index in [1.807, 2.05) is 0 Å². The largest absolute Gasteiger partial charge is 0.504 e. The summed E-state index contributed by atoms with van der Waals surface area (Å²) in [5.74, 6) is -0.241. The zero-order chi connectivity index (χ0) is 9.84. The number of aliphatic hydroxyl groups excluding tert-OH is 1. The second-order valence-corrected chi connectivity index (χ2v) is 2.47. The summed E-state index contributed by atoms with van der Waals surface area (Å²) in [5, 5.41) is 17.8. The fourth-order valence-corrected chi connectivity index (χ4v) is 0.955. The number of ether oxygens (including phenoxy) is 1. The number of methoxy groups -OCH3 is 1. The van der Waals surface area contributed by atoms with Crippen LogP contribution in [0.4, 0.5) is 0 Å². The number of hydrogen-bond donors (Lipinski definition) is 2. The molecule has 0 bridgehead atoms. The molecule has 0 aliphatic heterocycles. The number of phenols is 1. The van der Waals surface area contributed by atoms with Crippen molar-refractivity contribution in [1.29, 1.82) is 0 Å². The average Bonchev–Trinajstić information content (AvgIpc) is 2.16. The molecular weight excluding hydrogens is 188 g/mol. The van der Waals surface area contributed by atoms with Gasteiger partial charge < -0.3 is 20.4 Å². The summed E-state index contributed by atoms with van der Waals surface area (Å²) in [7, 11) is 1.42. The first-order valence-electron chi connectivity index (χ1n) is 3.70. The van der Waals surface area contributed by atoms with E-state index < -0.39 is 12.4 Å². The van der Waals surface area contributed by atoms with E-state index in [-0.39, 0.29) is 16.8 Å². The van der Waals surface area contributed by atoms with Gasteiger partial charge in [0.1, 0.15) is 6.61 Å². The molecule has 1 aromatic rings. The van der Waals surface area contributed by atoms with E-state index in [1.54, 1.807) is 0 Å². The maximum absolute atomic E-state index is 11.0. The van der Waals surface area contributed by atoms with Crippen LogP contribution in [0.15, 0.2) is 18.2 Å². The van der Waals surface area contributed by atoms with Crippen molar-refractivity contribution in [2.75, 3.05) is 13.7 Å². The fraction of sp³-hybridized carbons (Fsp3) is 0.222. The predicted molar refractivity (Wildman–Crippen MR) is 49.7 cm³/mol. The molecule has 1 aromatic carbocycles. The van der Waals surface area contributed by atoms with Gasteiger partial charge in [-0.15, -0.1) is 0 Å². The maximum atomic E-state index is 11.0. The molecule has 0 aliphatic carbocycles. The third-order valence-electron chi connectivity index (χ3n) is 1.64. The Balaban J connectivity index is 0.00000169. The highest BCUT2D eigenvalue weighted by atomic mass is 16.5. The number of ketones is 1. The van der Waals surface area contributed by atoms with Crippen molar-refractivity contribution < 1.29 is 25.2 Å². The third kappa shape index (κ3) is 2.45. The van der Waals surface area contributed by atoms with Crippen molar-refractivity contribution >= 4 is 5.78 Å². The summed E-state index contributed by atoms with van der Waals surface area (Å²) < 4.78 is 4.79. The summed E-state index contributed by atoms with van der Waals surface area (Å²) in [6.07, 6.45) is 0. The molecule has 0 amide bonds. The Kier molecular flexibility index (Phi) is 4.62. The number of hydrogen-bond acceptors (Lipinski definition) is 4. The van der Waals surface area contributed by atoms with Crippen LogP contribution < -0.4 is 4.74 Å². The van der Waals surface area contributed by atoms with Gasteiger partial charge in [-0.05, 0) is 18.2 Å². The number of carbonyl (C=O) groups excluding carboxylic acids is 1. The van der Waals surface area contributed by atoms with E-state index in [4.69, 9.17) is 9.84 Å². The van der Waals surface area contributed by atoms with E-state index in [9.17, 15) is 9.90 Å². The molecule has 0 radical (unpaired) electrons. The number of aromatic hydroxyl groups is 1. The smallest absolute Gasteiger partial charge is 0.188 e. The molecule has 0 heterocycles. The SMILES string of the molecule is COc1ccc(C(=O)CO)cc1O.O. The number of aliphatic hydroxyl groups is 1. The van der Waals surface area contributed by atoms with Crippen molar-refractivity contribution in [2.24, 2.45) is 0 Å². The van der Waals surface area contributed by atoms with Gasteiger partial charge in [0, 0.05) is 5.56 Å². The van der Waals surface area contributed by atoms with Crippen LogP contribution in [0.3, 0.4) is 0 Å². The first-order valence-corrected chi connectivity index (χ1v) is 3.70. The number of Topliss-reactive ketones (excluding diaryl/α,β-unsaturated/α-hetero) is 1. The summed E-state index contributed by atoms with van der Waals surface area (Å²) in [6.45, 7) is -0.564. The number of carbonyl (C=O) groups is 1. The van der Waals surface area contributed by atoms with E-state index in [1.165, 1.54) is 25.3 Å². The maximum Gasteiger partial charge on any atom is 0.188 e. The van der Waals surface area contributed by atoms with Crippen molar-refractivity contribution in [3.63, 3.8) is 0 Å². The molecule has 5 nitrogen and oxygen atoms in total. The van der Waals surface area contributed by atoms with Crippen molar-refractivity contribution in [3.05, 3.63) is 23.8 Å². The Morgan fingerprint density at radius 2 is 2.14 bits per heavy atom. The van der Waals surface area contributed by atoms with Crippen molar-refractivity contribution in [2.45, 2.75) is 0 Å². The Hall–Kier alpha value is -1.59. The minimum absolute atomic E-state index is 0. The van der Waals surface area contributed by atoms with Crippen LogP contribution in [0.1, 0.15) is 10.4 Å². The zero-order valence-electron chi connectivity index (χ0n) is 7.65. The van der Waals surface area contributed by atoms with Crippen LogP contribution in [0.5, 0.6) is 11.5 Å². The average molecular weight is 200 g/mol. The number of phenolic OH excluding ortho intramolecular Hbond substituents is 1. The lowest BCUT2D eigenvalue weighted by molar-refractivity contribution is 0.0903. The molecule has 0 saturated carbocycles. The molecule has 4 N–H and O–H groups in total. The van der Waals surface area contributed by atoms with E-state index in [2.05, 4.69) is 0 Å². The molecule has 0 saturated heterocycles. The highest BCUT2D eigenvalue weighted by Crippen LogP contribution is 2.26. The molecule has 1 rings (SSSR count). The van der Waals surface area contributed by atoms with E-state index in [0.29, 0.717) is 5.75 Å². The monoisotopic (exact) mass is 200 g/mol. The van der Waals surface area contributed by atoms with Crippen LogP contribution in [0, 0.1) is 0 Å². The lowest BCUT2D eigenvalue weighted by atomic mass is 10.1. The second kappa shape index (κ2) is 5.21. The van der Waals surface area contributed by atoms with Crippen LogP contribution in [-0.4, -0.2) is 35.2 Å². The van der Waals surface area contributed by atoms with Gasteiger partial charge in [0.25, 0.3) is 0 Å². The second-order valence-electron chi connectivity index (χ2n) is 2.47. The highest BCUT2D eigenvalue weighted by molar-refractivity contribution is 5.97. The van der Waals surface area contributed by atoms with E-state index in [0.717, 1.165) is 0 Å². The van der Waals surface area contributed by atoms with Gasteiger partial charge in [0.05, 0.1) is 7.11 Å². The van der Waals surface area contributed by atoms with Crippen LogP contribution in [0.25, 0.3) is 0 Å². The van der Waals surface area contributed by atoms with Gasteiger partial charge in [-0.2, -0.15) is 0 Å². The van der Waals surface area contributed by atoms with Crippen LogP contribution in [0.2, 0.25) is 0 Å². The minimum Gasteiger partial charge on any atom is -0.504 e. The van der Waals surface area contributed by atoms with Gasteiger partial charge in [-0.1, -0.05) is 0 Å². The first-order chi connectivity index (χ1) is 6.19. The van der Waals surface area contributed by atoms with Crippen LogP contribution >= 0.6 is 0 Å². The molecule has 0 atom stereocenters. The lowest BCUT2D eigenvalue weighted by Crippen LogP contribution is -2.03. The van der Waals surface area contributed by atoms with Gasteiger partial charge in [-0.25, -0.2) is 0 Å². The van der Waals surface area contributed by atoms with Gasteiger partial charge in [0.15, 0.2) is 17.3 Å². The van der Waals surface area contributed by atoms with Crippen molar-refractivity contribution in [1.82, 2.24) is 0 Å². The first kappa shape index (κ1) is 12.4. The van der Waals surface area contributed by atoms with Gasteiger partial charge >= 0.3 is 0 Å². The Morgan fingerprint density at radius 1 is 1.50 bits per heavy atom. The number of benzene rings is 1. The predicted octanol–water partition coefficient (Wildman–Crippen LogP) is -0.249. The molecule has 0 fully saturated rings. The molecule has 0 aliphatic rings. The molecular formula is C9H12O5. The topological polar surface area (TPSA) is 98.3 Å². The van der Waals surface area contributed by atoms with Gasteiger partial charge in [-0.3, -0.25) is 4.79 Å². The Morgan fingerprint density at radius 3 is 2.57 bits per heavy atom. The van der Waals surface area contributed by atoms with Gasteiger partial charge in [0.2, 0.25) is 0 Å². The Labute approximate surface area is 80.9 Å². The summed E-state index contributed by atoms with van der Waals surface area (Å²) in [5.41, 5.74) is 0.265. The third-order valence-corrected chi connectivity index (χ3v) is 1.64. The molecule has 14 heavy (non-hydrogen) atoms. The standard InChI is InChI=1S/C9H10O4.H2O/c1-13-9-3-2-6(4-7(9)11)8(12)5-10;/h2-4,10-11H,5H2,1H3;1H2. The molecule has 5 heteroatoms. The highest BCUT2D eigenvalue weighted by Gasteiger charge is 2.07. The van der Waals surface area contributed by atoms with Crippen molar-refractivity contribution in [3.8, 4) is 11.5 Å². The quantitative estimate of drug-likeness (QED) is 0.657. The normalized spacial score (nSPS) is 9.00. The number of rotatable bonds is 3. The minimum atomic E-state index is -0.564. The molecule has 78 valence electrons. The van der Waals surface area contributed by atoms with Crippen LogP contribution in [-0.2, 0) is 0 Å². The summed E-state index contributed by atoms with van der Waals surface area (Å²) in [4.78, 5) is 11.0. The molecule has 0 aromatic heterocycles. The molecule has 0 spiro atoms. The Bertz CT molecular complexity index is 321. The zero-order valence-corrected chi connectivity index (χ0v) is 7.65. The fourth-order valence-electron chi connectivity index (χ4n) is 0.955. The molecule has 0 unspecified atom stereocenters. The van der Waals surface area contributed by atoms with E-state index >= 15 is 0 Å². The summed E-state index contributed by atoms with van der Waals surface area (Å²) >= 11 is 0. The summed E-state index contributed by atoms with van der Waals surface area (Å²) in [6, 6.07) is 4.22. The lowest BCUT2D eigenvalue weighted by Gasteiger charge is -2.03.